The Morgan fingerprint density at radius 1 is 1.53 bits per heavy atom. The molecule has 0 atom stereocenters. The number of carbonyl (C=O) groups is 2. The maximum atomic E-state index is 10.7. The summed E-state index contributed by atoms with van der Waals surface area (Å²) in [6, 6.07) is 1.65. The van der Waals surface area contributed by atoms with Crippen LogP contribution in [0.25, 0.3) is 0 Å². The molecule has 0 radical (unpaired) electrons. The largest absolute Gasteiger partial charge is 0.477 e. The maximum absolute atomic E-state index is 10.7. The number of pyridine rings is 1. The molecule has 0 bridgehead atoms. The summed E-state index contributed by atoms with van der Waals surface area (Å²) >= 11 is 0. The average Bonchev–Trinajstić information content (AvgIpc) is 2.23. The fraction of sp³-hybridized carbons (Fsp3) is 0.250. The fourth-order valence-corrected chi connectivity index (χ4v) is 1.18. The number of nitrogens with one attached hydrogen (secondary N) is 1. The molecule has 1 aromatic heterocycles. The molecule has 1 amide bonds. The Morgan fingerprint density at radius 2 is 2.24 bits per heavy atom. The van der Waals surface area contributed by atoms with E-state index in [-0.39, 0.29) is 18.1 Å². The molecule has 0 aromatic carbocycles. The second-order valence-electron chi connectivity index (χ2n) is 3.41. The minimum Gasteiger partial charge on any atom is -0.477 e. The Bertz CT molecular complexity index is 512. The summed E-state index contributed by atoms with van der Waals surface area (Å²) in [4.78, 5) is 25.1. The van der Waals surface area contributed by atoms with Crippen LogP contribution >= 0.6 is 0 Å². The molecule has 5 nitrogen and oxygen atoms in total. The Kier molecular flexibility index (Phi) is 4.23. The molecular weight excluding hydrogens is 220 g/mol. The summed E-state index contributed by atoms with van der Waals surface area (Å²) in [6.07, 6.45) is 1.40. The fourth-order valence-electron chi connectivity index (χ4n) is 1.18. The lowest BCUT2D eigenvalue weighted by atomic mass is 10.1. The van der Waals surface area contributed by atoms with Gasteiger partial charge in [-0.25, -0.2) is 9.78 Å². The van der Waals surface area contributed by atoms with Crippen molar-refractivity contribution in [1.82, 2.24) is 10.3 Å². The van der Waals surface area contributed by atoms with Crippen molar-refractivity contribution in [3.05, 3.63) is 29.1 Å². The molecule has 2 N–H and O–H groups in total. The molecule has 0 saturated carbocycles. The van der Waals surface area contributed by atoms with Crippen LogP contribution in [-0.2, 0) is 4.79 Å². The van der Waals surface area contributed by atoms with Gasteiger partial charge in [0.2, 0.25) is 5.91 Å². The predicted octanol–water partition coefficient (Wildman–Crippen LogP) is 0.576. The molecule has 1 aromatic rings. The molecule has 0 spiro atoms. The van der Waals surface area contributed by atoms with Gasteiger partial charge in [0.15, 0.2) is 5.69 Å². The molecule has 1 rings (SSSR count). The lowest BCUT2D eigenvalue weighted by molar-refractivity contribution is -0.118. The molecule has 0 aliphatic rings. The van der Waals surface area contributed by atoms with E-state index >= 15 is 0 Å². The van der Waals surface area contributed by atoms with E-state index in [9.17, 15) is 9.59 Å². The zero-order chi connectivity index (χ0) is 12.8. The highest BCUT2D eigenvalue weighted by molar-refractivity contribution is 5.87. The van der Waals surface area contributed by atoms with Crippen LogP contribution in [0.4, 0.5) is 0 Å². The van der Waals surface area contributed by atoms with Crippen molar-refractivity contribution in [2.45, 2.75) is 13.8 Å². The van der Waals surface area contributed by atoms with Crippen LogP contribution in [0.1, 0.15) is 28.5 Å². The molecule has 17 heavy (non-hydrogen) atoms. The molecule has 0 unspecified atom stereocenters. The quantitative estimate of drug-likeness (QED) is 0.731. The zero-order valence-electron chi connectivity index (χ0n) is 9.57. The van der Waals surface area contributed by atoms with Gasteiger partial charge in [0.25, 0.3) is 0 Å². The first-order valence-corrected chi connectivity index (χ1v) is 4.94. The Hall–Kier alpha value is -2.35. The first-order chi connectivity index (χ1) is 8.00. The Labute approximate surface area is 98.9 Å². The Balaban J connectivity index is 2.77. The van der Waals surface area contributed by atoms with Gasteiger partial charge in [-0.15, -0.1) is 0 Å². The molecular formula is C12H12N2O3. The highest BCUT2D eigenvalue weighted by atomic mass is 16.4. The number of carboxylic acid groups (broad SMARTS) is 1. The van der Waals surface area contributed by atoms with E-state index < -0.39 is 5.97 Å². The van der Waals surface area contributed by atoms with Gasteiger partial charge in [-0.05, 0) is 18.6 Å². The van der Waals surface area contributed by atoms with E-state index in [4.69, 9.17) is 5.11 Å². The summed E-state index contributed by atoms with van der Waals surface area (Å²) in [5.41, 5.74) is 1.21. The number of nitrogens with zero attached hydrogens (tertiary/aromatic N) is 1. The van der Waals surface area contributed by atoms with Crippen molar-refractivity contribution in [2.75, 3.05) is 6.54 Å². The number of hydrogen-bond donors (Lipinski definition) is 2. The summed E-state index contributed by atoms with van der Waals surface area (Å²) < 4.78 is 0. The first-order valence-electron chi connectivity index (χ1n) is 4.94. The van der Waals surface area contributed by atoms with Gasteiger partial charge in [-0.2, -0.15) is 0 Å². The number of aromatic carboxylic acids is 1. The van der Waals surface area contributed by atoms with E-state index in [0.717, 1.165) is 0 Å². The van der Waals surface area contributed by atoms with Crippen LogP contribution < -0.4 is 5.32 Å². The highest BCUT2D eigenvalue weighted by Crippen LogP contribution is 2.06. The standard InChI is InChI=1S/C12H12N2O3/c1-8-6-10(4-3-5-13-9(2)15)7-14-11(8)12(16)17/h6-7H,5H2,1-2H3,(H,13,15)(H,16,17). The third kappa shape index (κ3) is 3.95. The number of carboxylic acids is 1. The summed E-state index contributed by atoms with van der Waals surface area (Å²) in [5.74, 6) is 4.33. The van der Waals surface area contributed by atoms with E-state index in [0.29, 0.717) is 11.1 Å². The van der Waals surface area contributed by atoms with Gasteiger partial charge >= 0.3 is 5.97 Å². The lowest BCUT2D eigenvalue weighted by Gasteiger charge is -1.99. The molecule has 88 valence electrons. The summed E-state index contributed by atoms with van der Waals surface area (Å²) in [7, 11) is 0. The highest BCUT2D eigenvalue weighted by Gasteiger charge is 2.07. The number of aromatic nitrogens is 1. The van der Waals surface area contributed by atoms with E-state index in [1.54, 1.807) is 13.0 Å². The summed E-state index contributed by atoms with van der Waals surface area (Å²) in [5, 5.41) is 11.3. The molecule has 1 heterocycles. The Morgan fingerprint density at radius 3 is 2.76 bits per heavy atom. The van der Waals surface area contributed by atoms with Crippen LogP contribution in [0.5, 0.6) is 0 Å². The molecule has 0 aliphatic carbocycles. The van der Waals surface area contributed by atoms with E-state index in [1.807, 2.05) is 0 Å². The van der Waals surface area contributed by atoms with Gasteiger partial charge < -0.3 is 10.4 Å². The SMILES string of the molecule is CC(=O)NCC#Cc1cnc(C(=O)O)c(C)c1. The van der Waals surface area contributed by atoms with Crippen molar-refractivity contribution in [3.63, 3.8) is 0 Å². The van der Waals surface area contributed by atoms with Crippen LogP contribution in [0.3, 0.4) is 0 Å². The van der Waals surface area contributed by atoms with Gasteiger partial charge in [-0.1, -0.05) is 11.8 Å². The molecule has 0 fully saturated rings. The van der Waals surface area contributed by atoms with Crippen molar-refractivity contribution in [3.8, 4) is 11.8 Å². The van der Waals surface area contributed by atoms with Gasteiger partial charge in [0.1, 0.15) is 0 Å². The predicted molar refractivity (Wildman–Crippen MR) is 61.5 cm³/mol. The van der Waals surface area contributed by atoms with Gasteiger partial charge in [-0.3, -0.25) is 4.79 Å². The van der Waals surface area contributed by atoms with Crippen LogP contribution in [0, 0.1) is 18.8 Å². The monoisotopic (exact) mass is 232 g/mol. The third-order valence-electron chi connectivity index (χ3n) is 1.94. The van der Waals surface area contributed by atoms with Gasteiger partial charge in [0.05, 0.1) is 6.54 Å². The number of rotatable bonds is 2. The van der Waals surface area contributed by atoms with Crippen LogP contribution in [0.15, 0.2) is 12.3 Å². The second-order valence-corrected chi connectivity index (χ2v) is 3.41. The minimum atomic E-state index is -1.06. The van der Waals surface area contributed by atoms with Crippen LogP contribution in [0.2, 0.25) is 0 Å². The second kappa shape index (κ2) is 5.66. The lowest BCUT2D eigenvalue weighted by Crippen LogP contribution is -2.19. The molecule has 0 saturated heterocycles. The van der Waals surface area contributed by atoms with Crippen LogP contribution in [-0.4, -0.2) is 28.5 Å². The maximum Gasteiger partial charge on any atom is 0.354 e. The topological polar surface area (TPSA) is 79.3 Å². The number of carbonyl (C=O) groups excluding carboxylic acids is 1. The summed E-state index contributed by atoms with van der Waals surface area (Å²) in [6.45, 7) is 3.33. The van der Waals surface area contributed by atoms with E-state index in [2.05, 4.69) is 22.1 Å². The molecule has 0 aliphatic heterocycles. The number of aryl methyl sites for hydroxylation is 1. The molecule has 5 heteroatoms. The van der Waals surface area contributed by atoms with Crippen molar-refractivity contribution >= 4 is 11.9 Å². The number of amides is 1. The third-order valence-corrected chi connectivity index (χ3v) is 1.94. The van der Waals surface area contributed by atoms with E-state index in [1.165, 1.54) is 13.1 Å². The van der Waals surface area contributed by atoms with Crippen molar-refractivity contribution < 1.29 is 14.7 Å². The van der Waals surface area contributed by atoms with Gasteiger partial charge in [0, 0.05) is 18.7 Å². The normalized spacial score (nSPS) is 9.06. The van der Waals surface area contributed by atoms with Crippen molar-refractivity contribution in [2.24, 2.45) is 0 Å². The number of hydrogen-bond acceptors (Lipinski definition) is 3. The minimum absolute atomic E-state index is 0.0254. The smallest absolute Gasteiger partial charge is 0.354 e. The first kappa shape index (κ1) is 12.7. The average molecular weight is 232 g/mol. The zero-order valence-corrected chi connectivity index (χ0v) is 9.57. The van der Waals surface area contributed by atoms with Crippen molar-refractivity contribution in [1.29, 1.82) is 0 Å².